The molecule has 9 aromatic carbocycles. The van der Waals surface area contributed by atoms with Gasteiger partial charge in [-0.25, -0.2) is 4.98 Å². The largest absolute Gasteiger partial charge is 0.278 e. The first-order valence-electron chi connectivity index (χ1n) is 23.6. The van der Waals surface area contributed by atoms with E-state index >= 15 is 0 Å². The Kier molecular flexibility index (Phi) is 8.59. The van der Waals surface area contributed by atoms with E-state index in [1.54, 1.807) is 0 Å². The van der Waals surface area contributed by atoms with Gasteiger partial charge in [-0.05, 0) is 121 Å². The van der Waals surface area contributed by atoms with Crippen molar-refractivity contribution in [3.8, 4) is 84.4 Å². The van der Waals surface area contributed by atoms with Crippen LogP contribution in [0, 0.1) is 0 Å². The fourth-order valence-corrected chi connectivity index (χ4v) is 11.6. The SMILES string of the molecule is C1=Cc2c(c3ccc4c(c3n2-c2nc(-c3ccccc3)nc(-c3cccc(-c5cc(-c6ccccc6)cc(-c6ccccc6)c5)c3)n2)-c2ccccc2C42c3ccccc3-c3ccccc32)CC1. The molecule has 0 unspecified atom stereocenters. The van der Waals surface area contributed by atoms with Crippen LogP contribution in [-0.2, 0) is 11.8 Å². The molecule has 11 aromatic rings. The third kappa shape index (κ3) is 5.71. The van der Waals surface area contributed by atoms with E-state index in [0.29, 0.717) is 17.6 Å². The Hall–Kier alpha value is -8.73. The van der Waals surface area contributed by atoms with E-state index in [-0.39, 0.29) is 0 Å². The summed E-state index contributed by atoms with van der Waals surface area (Å²) < 4.78 is 2.36. The van der Waals surface area contributed by atoms with E-state index in [1.165, 1.54) is 77.7 Å². The molecule has 3 aliphatic rings. The minimum absolute atomic E-state index is 0.475. The molecule has 68 heavy (non-hydrogen) atoms. The number of allylic oxidation sites excluding steroid dienone is 1. The zero-order valence-corrected chi connectivity index (χ0v) is 37.1. The van der Waals surface area contributed by atoms with Gasteiger partial charge in [-0.1, -0.05) is 200 Å². The van der Waals surface area contributed by atoms with E-state index in [0.717, 1.165) is 46.3 Å². The van der Waals surface area contributed by atoms with Crippen molar-refractivity contribution in [2.75, 3.05) is 0 Å². The van der Waals surface area contributed by atoms with E-state index < -0.39 is 5.41 Å². The highest BCUT2D eigenvalue weighted by molar-refractivity contribution is 6.08. The van der Waals surface area contributed by atoms with Crippen LogP contribution in [0.3, 0.4) is 0 Å². The van der Waals surface area contributed by atoms with Crippen molar-refractivity contribution in [1.29, 1.82) is 0 Å². The van der Waals surface area contributed by atoms with Gasteiger partial charge in [0.25, 0.3) is 0 Å². The topological polar surface area (TPSA) is 43.6 Å². The van der Waals surface area contributed by atoms with Crippen molar-refractivity contribution in [2.45, 2.75) is 18.3 Å². The summed E-state index contributed by atoms with van der Waals surface area (Å²) in [7, 11) is 0. The van der Waals surface area contributed by atoms with Gasteiger partial charge >= 0.3 is 0 Å². The Morgan fingerprint density at radius 3 is 1.50 bits per heavy atom. The standard InChI is InChI=1S/C64H42N4/c1-4-19-41(20-5-1)46-38-47(42-21-6-2-7-22-42)40-48(39-46)44-25-18-26-45(37-44)62-65-61(43-23-8-3-9-24-43)66-63(67-62)68-58-34-17-13-29-51(58)52-35-36-57-59(60(52)68)53-30-12-16-33-56(53)64(57)54-31-14-10-27-49(54)50-28-11-15-32-55(50)64/h1-12,14-28,30-40H,13,29H2. The highest BCUT2D eigenvalue weighted by Gasteiger charge is 2.52. The fourth-order valence-electron chi connectivity index (χ4n) is 11.6. The molecule has 0 bridgehead atoms. The summed E-state index contributed by atoms with van der Waals surface area (Å²) in [4.78, 5) is 16.3. The number of benzene rings is 9. The number of rotatable bonds is 6. The lowest BCUT2D eigenvalue weighted by Gasteiger charge is -2.30. The summed E-state index contributed by atoms with van der Waals surface area (Å²) >= 11 is 0. The van der Waals surface area contributed by atoms with Gasteiger partial charge in [0, 0.05) is 22.1 Å². The molecule has 1 spiro atoms. The molecule has 4 heteroatoms. The van der Waals surface area contributed by atoms with Crippen LogP contribution in [0.2, 0.25) is 0 Å². The van der Waals surface area contributed by atoms with E-state index in [1.807, 2.05) is 6.07 Å². The van der Waals surface area contributed by atoms with Gasteiger partial charge < -0.3 is 0 Å². The van der Waals surface area contributed by atoms with Gasteiger partial charge in [-0.3, -0.25) is 4.57 Å². The summed E-state index contributed by atoms with van der Waals surface area (Å²) in [5.41, 5.74) is 22.2. The average molecular weight is 867 g/mol. The molecule has 318 valence electrons. The number of hydrogen-bond donors (Lipinski definition) is 0. The summed E-state index contributed by atoms with van der Waals surface area (Å²) in [5, 5.41) is 1.24. The van der Waals surface area contributed by atoms with Crippen LogP contribution in [0.25, 0.3) is 101 Å². The predicted molar refractivity (Wildman–Crippen MR) is 277 cm³/mol. The van der Waals surface area contributed by atoms with Crippen LogP contribution in [0.5, 0.6) is 0 Å². The van der Waals surface area contributed by atoms with E-state index in [2.05, 4.69) is 229 Å². The van der Waals surface area contributed by atoms with Gasteiger partial charge in [0.15, 0.2) is 11.6 Å². The maximum absolute atomic E-state index is 5.54. The van der Waals surface area contributed by atoms with Crippen LogP contribution >= 0.6 is 0 Å². The zero-order valence-electron chi connectivity index (χ0n) is 37.1. The molecule has 0 atom stereocenters. The zero-order chi connectivity index (χ0) is 44.8. The van der Waals surface area contributed by atoms with Gasteiger partial charge in [0.05, 0.1) is 16.6 Å². The molecule has 0 N–H and O–H groups in total. The van der Waals surface area contributed by atoms with Crippen LogP contribution < -0.4 is 0 Å². The second kappa shape index (κ2) is 15.2. The Bertz CT molecular complexity index is 3740. The third-order valence-corrected chi connectivity index (χ3v) is 14.5. The van der Waals surface area contributed by atoms with Crippen molar-refractivity contribution in [1.82, 2.24) is 19.5 Å². The number of nitrogens with zero attached hydrogens (tertiary/aromatic N) is 4. The predicted octanol–water partition coefficient (Wildman–Crippen LogP) is 15.5. The minimum Gasteiger partial charge on any atom is -0.278 e. The van der Waals surface area contributed by atoms with Gasteiger partial charge in [-0.15, -0.1) is 0 Å². The molecule has 0 fully saturated rings. The molecule has 0 radical (unpaired) electrons. The normalized spacial score (nSPS) is 13.5. The average Bonchev–Trinajstić information content (AvgIpc) is 4.03. The lowest BCUT2D eigenvalue weighted by atomic mass is 9.70. The highest BCUT2D eigenvalue weighted by Crippen LogP contribution is 2.64. The second-order valence-corrected chi connectivity index (χ2v) is 18.2. The van der Waals surface area contributed by atoms with E-state index in [9.17, 15) is 0 Å². The Balaban J connectivity index is 1.01. The van der Waals surface area contributed by atoms with Crippen molar-refractivity contribution in [2.24, 2.45) is 0 Å². The van der Waals surface area contributed by atoms with Crippen molar-refractivity contribution in [3.05, 3.63) is 258 Å². The lowest BCUT2D eigenvalue weighted by molar-refractivity contribution is 0.794. The smallest absolute Gasteiger partial charge is 0.238 e. The van der Waals surface area contributed by atoms with Crippen molar-refractivity contribution in [3.63, 3.8) is 0 Å². The summed E-state index contributed by atoms with van der Waals surface area (Å²) in [6, 6.07) is 79.1. The summed E-state index contributed by atoms with van der Waals surface area (Å²) in [5.74, 6) is 1.86. The maximum atomic E-state index is 5.54. The minimum atomic E-state index is -0.475. The fraction of sp³-hybridized carbons (Fsp3) is 0.0469. The first-order chi connectivity index (χ1) is 33.7. The van der Waals surface area contributed by atoms with Crippen molar-refractivity contribution < 1.29 is 0 Å². The maximum Gasteiger partial charge on any atom is 0.238 e. The molecule has 0 saturated carbocycles. The molecule has 14 rings (SSSR count). The molecular weight excluding hydrogens is 825 g/mol. The van der Waals surface area contributed by atoms with Crippen LogP contribution in [0.15, 0.2) is 224 Å². The third-order valence-electron chi connectivity index (χ3n) is 14.5. The van der Waals surface area contributed by atoms with Gasteiger partial charge in [0.2, 0.25) is 5.95 Å². The number of hydrogen-bond acceptors (Lipinski definition) is 3. The summed E-state index contributed by atoms with van der Waals surface area (Å²) in [6.45, 7) is 0. The lowest BCUT2D eigenvalue weighted by Crippen LogP contribution is -2.25. The quantitative estimate of drug-likeness (QED) is 0.167. The first-order valence-corrected chi connectivity index (χ1v) is 23.6. The first kappa shape index (κ1) is 38.5. The van der Waals surface area contributed by atoms with Crippen LogP contribution in [0.1, 0.15) is 39.9 Å². The Morgan fingerprint density at radius 1 is 0.382 bits per heavy atom. The Morgan fingerprint density at radius 2 is 0.868 bits per heavy atom. The highest BCUT2D eigenvalue weighted by atomic mass is 15.2. The van der Waals surface area contributed by atoms with Crippen molar-refractivity contribution >= 4 is 17.0 Å². The van der Waals surface area contributed by atoms with Crippen LogP contribution in [0.4, 0.5) is 0 Å². The molecule has 0 amide bonds. The Labute approximate surface area is 395 Å². The molecule has 2 aromatic heterocycles. The molecule has 0 saturated heterocycles. The number of aryl methyl sites for hydroxylation is 1. The van der Waals surface area contributed by atoms with Gasteiger partial charge in [-0.2, -0.15) is 9.97 Å². The van der Waals surface area contributed by atoms with E-state index in [4.69, 9.17) is 15.0 Å². The number of fused-ring (bicyclic) bond motifs is 14. The molecule has 2 heterocycles. The molecule has 3 aliphatic carbocycles. The second-order valence-electron chi connectivity index (χ2n) is 18.2. The summed E-state index contributed by atoms with van der Waals surface area (Å²) in [6.07, 6.45) is 6.50. The van der Waals surface area contributed by atoms with Gasteiger partial charge in [0.1, 0.15) is 0 Å². The molecule has 4 nitrogen and oxygen atoms in total. The molecule has 0 aliphatic heterocycles. The van der Waals surface area contributed by atoms with Crippen LogP contribution in [-0.4, -0.2) is 19.5 Å². The number of aromatic nitrogens is 4. The monoisotopic (exact) mass is 866 g/mol. The molecular formula is C64H42N4.